The monoisotopic (exact) mass is 282 g/mol. The van der Waals surface area contributed by atoms with E-state index >= 15 is 0 Å². The molecule has 1 amide bonds. The van der Waals surface area contributed by atoms with Crippen molar-refractivity contribution in [1.82, 2.24) is 4.90 Å². The molecule has 7 heteroatoms. The second kappa shape index (κ2) is 6.85. The molecule has 0 aliphatic carbocycles. The molecule has 0 bridgehead atoms. The van der Waals surface area contributed by atoms with Gasteiger partial charge in [0, 0.05) is 30.3 Å². The molecule has 20 heavy (non-hydrogen) atoms. The Balaban J connectivity index is 3.13. The van der Waals surface area contributed by atoms with Gasteiger partial charge in [-0.15, -0.1) is 0 Å². The van der Waals surface area contributed by atoms with Crippen LogP contribution in [0.5, 0.6) is 5.75 Å². The Morgan fingerprint density at radius 3 is 2.60 bits per heavy atom. The van der Waals surface area contributed by atoms with E-state index in [1.165, 1.54) is 30.2 Å². The van der Waals surface area contributed by atoms with Crippen LogP contribution >= 0.6 is 0 Å². The summed E-state index contributed by atoms with van der Waals surface area (Å²) >= 11 is 0. The van der Waals surface area contributed by atoms with Crippen molar-refractivity contribution in [2.45, 2.75) is 19.9 Å². The molecule has 1 aromatic carbocycles. The number of carbonyl (C=O) groups excluding carboxylic acids is 1. The lowest BCUT2D eigenvalue weighted by Crippen LogP contribution is -2.39. The first-order chi connectivity index (χ1) is 9.42. The molecular weight excluding hydrogens is 264 g/mol. The number of nitro groups is 1. The van der Waals surface area contributed by atoms with Crippen molar-refractivity contribution in [3.8, 4) is 5.75 Å². The van der Waals surface area contributed by atoms with E-state index in [0.717, 1.165) is 0 Å². The lowest BCUT2D eigenvalue weighted by molar-refractivity contribution is -0.385. The Kier molecular flexibility index (Phi) is 5.45. The number of aliphatic hydroxyl groups is 1. The number of methoxy groups -OCH3 is 1. The summed E-state index contributed by atoms with van der Waals surface area (Å²) in [5.41, 5.74) is 0.0944. The smallest absolute Gasteiger partial charge is 0.310 e. The van der Waals surface area contributed by atoms with E-state index < -0.39 is 4.92 Å². The van der Waals surface area contributed by atoms with Crippen LogP contribution in [0.1, 0.15) is 24.2 Å². The number of hydrogen-bond donors (Lipinski definition) is 1. The first-order valence-electron chi connectivity index (χ1n) is 6.16. The number of nitro benzene ring substituents is 1. The Hall–Kier alpha value is -2.15. The highest BCUT2D eigenvalue weighted by molar-refractivity contribution is 5.95. The molecule has 0 aliphatic rings. The molecule has 110 valence electrons. The van der Waals surface area contributed by atoms with Crippen LogP contribution in [0, 0.1) is 10.1 Å². The molecule has 0 aliphatic heterocycles. The van der Waals surface area contributed by atoms with E-state index in [4.69, 9.17) is 9.84 Å². The number of carbonyl (C=O) groups is 1. The van der Waals surface area contributed by atoms with Crippen molar-refractivity contribution < 1.29 is 19.6 Å². The van der Waals surface area contributed by atoms with Crippen LogP contribution in [0.4, 0.5) is 5.69 Å². The van der Waals surface area contributed by atoms with E-state index in [2.05, 4.69) is 0 Å². The number of benzene rings is 1. The van der Waals surface area contributed by atoms with Crippen LogP contribution < -0.4 is 4.74 Å². The van der Waals surface area contributed by atoms with Crippen LogP contribution in [-0.2, 0) is 0 Å². The Morgan fingerprint density at radius 1 is 1.50 bits per heavy atom. The maximum atomic E-state index is 12.3. The van der Waals surface area contributed by atoms with Crippen LogP contribution in [-0.4, -0.2) is 47.1 Å². The molecular formula is C13H18N2O5. The van der Waals surface area contributed by atoms with Gasteiger partial charge in [0.15, 0.2) is 5.75 Å². The first-order valence-corrected chi connectivity index (χ1v) is 6.16. The molecule has 0 saturated heterocycles. The third-order valence-corrected chi connectivity index (χ3v) is 2.85. The second-order valence-corrected chi connectivity index (χ2v) is 4.46. The van der Waals surface area contributed by atoms with Gasteiger partial charge in [-0.3, -0.25) is 14.9 Å². The topological polar surface area (TPSA) is 92.9 Å². The standard InChI is InChI=1S/C13H18N2O5/c1-9(2)14(6-7-16)13(17)10-4-5-11(15(18)19)12(8-10)20-3/h4-5,8-9,16H,6-7H2,1-3H3. The van der Waals surface area contributed by atoms with Crippen molar-refractivity contribution in [3.05, 3.63) is 33.9 Å². The molecule has 0 unspecified atom stereocenters. The number of hydrogen-bond acceptors (Lipinski definition) is 5. The number of nitrogens with zero attached hydrogens (tertiary/aromatic N) is 2. The number of rotatable bonds is 6. The van der Waals surface area contributed by atoms with Crippen molar-refractivity contribution in [3.63, 3.8) is 0 Å². The summed E-state index contributed by atoms with van der Waals surface area (Å²) in [6.07, 6.45) is 0. The van der Waals surface area contributed by atoms with Gasteiger partial charge in [-0.05, 0) is 19.9 Å². The van der Waals surface area contributed by atoms with Gasteiger partial charge >= 0.3 is 5.69 Å². The number of amides is 1. The summed E-state index contributed by atoms with van der Waals surface area (Å²) in [6.45, 7) is 3.72. The zero-order chi connectivity index (χ0) is 15.3. The Bertz CT molecular complexity index is 502. The van der Waals surface area contributed by atoms with Gasteiger partial charge < -0.3 is 14.7 Å². The lowest BCUT2D eigenvalue weighted by atomic mass is 10.1. The van der Waals surface area contributed by atoms with E-state index in [9.17, 15) is 14.9 Å². The fourth-order valence-electron chi connectivity index (χ4n) is 1.83. The predicted molar refractivity (Wildman–Crippen MR) is 72.9 cm³/mol. The van der Waals surface area contributed by atoms with Crippen molar-refractivity contribution in [2.24, 2.45) is 0 Å². The minimum absolute atomic E-state index is 0.0357. The van der Waals surface area contributed by atoms with Crippen LogP contribution in [0.15, 0.2) is 18.2 Å². The van der Waals surface area contributed by atoms with Crippen LogP contribution in [0.25, 0.3) is 0 Å². The summed E-state index contributed by atoms with van der Waals surface area (Å²) in [6, 6.07) is 3.88. The molecule has 0 heterocycles. The van der Waals surface area contributed by atoms with Gasteiger partial charge in [-0.25, -0.2) is 0 Å². The first kappa shape index (κ1) is 15.9. The third kappa shape index (κ3) is 3.45. The van der Waals surface area contributed by atoms with Gasteiger partial charge in [0.2, 0.25) is 0 Å². The second-order valence-electron chi connectivity index (χ2n) is 4.46. The van der Waals surface area contributed by atoms with Crippen molar-refractivity contribution in [2.75, 3.05) is 20.3 Å². The Morgan fingerprint density at radius 2 is 2.15 bits per heavy atom. The molecule has 0 fully saturated rings. The van der Waals surface area contributed by atoms with Gasteiger partial charge in [0.25, 0.3) is 5.91 Å². The zero-order valence-corrected chi connectivity index (χ0v) is 11.7. The quantitative estimate of drug-likeness (QED) is 0.629. The highest BCUT2D eigenvalue weighted by Crippen LogP contribution is 2.28. The van der Waals surface area contributed by atoms with Gasteiger partial charge in [-0.2, -0.15) is 0 Å². The van der Waals surface area contributed by atoms with Crippen LogP contribution in [0.3, 0.4) is 0 Å². The molecule has 0 saturated carbocycles. The minimum Gasteiger partial charge on any atom is -0.490 e. The zero-order valence-electron chi connectivity index (χ0n) is 11.7. The minimum atomic E-state index is -0.568. The SMILES string of the molecule is COc1cc(C(=O)N(CCO)C(C)C)ccc1[N+](=O)[O-]. The van der Waals surface area contributed by atoms with E-state index in [1.54, 1.807) is 0 Å². The van der Waals surface area contributed by atoms with Gasteiger partial charge in [0.05, 0.1) is 18.6 Å². The third-order valence-electron chi connectivity index (χ3n) is 2.85. The molecule has 1 N–H and O–H groups in total. The highest BCUT2D eigenvalue weighted by Gasteiger charge is 2.22. The van der Waals surface area contributed by atoms with E-state index in [0.29, 0.717) is 0 Å². The molecule has 0 aromatic heterocycles. The molecule has 1 rings (SSSR count). The van der Waals surface area contributed by atoms with Crippen molar-refractivity contribution in [1.29, 1.82) is 0 Å². The normalized spacial score (nSPS) is 10.4. The summed E-state index contributed by atoms with van der Waals surface area (Å²) in [5.74, 6) is -0.268. The lowest BCUT2D eigenvalue weighted by Gasteiger charge is -2.26. The average Bonchev–Trinajstić information content (AvgIpc) is 2.42. The number of ether oxygens (including phenoxy) is 1. The largest absolute Gasteiger partial charge is 0.490 e. The Labute approximate surface area is 116 Å². The molecule has 1 aromatic rings. The van der Waals surface area contributed by atoms with Gasteiger partial charge in [0.1, 0.15) is 0 Å². The molecule has 7 nitrogen and oxygen atoms in total. The summed E-state index contributed by atoms with van der Waals surface area (Å²) < 4.78 is 4.94. The summed E-state index contributed by atoms with van der Waals surface area (Å²) in [7, 11) is 1.31. The van der Waals surface area contributed by atoms with E-state index in [1.807, 2.05) is 13.8 Å². The fraction of sp³-hybridized carbons (Fsp3) is 0.462. The van der Waals surface area contributed by atoms with Gasteiger partial charge in [-0.1, -0.05) is 0 Å². The summed E-state index contributed by atoms with van der Waals surface area (Å²) in [4.78, 5) is 24.0. The number of aliphatic hydroxyl groups excluding tert-OH is 1. The summed E-state index contributed by atoms with van der Waals surface area (Å²) in [5, 5.41) is 19.8. The molecule has 0 spiro atoms. The predicted octanol–water partition coefficient (Wildman–Crippen LogP) is 1.45. The maximum Gasteiger partial charge on any atom is 0.310 e. The van der Waals surface area contributed by atoms with Crippen molar-refractivity contribution >= 4 is 11.6 Å². The van der Waals surface area contributed by atoms with E-state index in [-0.39, 0.29) is 42.1 Å². The maximum absolute atomic E-state index is 12.3. The molecule has 0 radical (unpaired) electrons. The highest BCUT2D eigenvalue weighted by atomic mass is 16.6. The fourth-order valence-corrected chi connectivity index (χ4v) is 1.83. The molecule has 0 atom stereocenters. The average molecular weight is 282 g/mol. The van der Waals surface area contributed by atoms with Crippen LogP contribution in [0.2, 0.25) is 0 Å².